The van der Waals surface area contributed by atoms with Gasteiger partial charge in [0, 0.05) is 37.3 Å². The number of pyridine rings is 1. The first-order valence-corrected chi connectivity index (χ1v) is 9.66. The Morgan fingerprint density at radius 1 is 1.14 bits per heavy atom. The maximum absolute atomic E-state index is 12.2. The molecule has 2 aliphatic heterocycles. The van der Waals surface area contributed by atoms with Gasteiger partial charge in [0.05, 0.1) is 12.8 Å². The number of nitrogens with one attached hydrogen (secondary N) is 1. The first-order chi connectivity index (χ1) is 13.7. The third-order valence-electron chi connectivity index (χ3n) is 5.36. The smallest absolute Gasteiger partial charge is 0.250 e. The molecule has 2 atom stereocenters. The molecule has 5 heterocycles. The number of rotatable bonds is 4. The summed E-state index contributed by atoms with van der Waals surface area (Å²) < 4.78 is 7.23. The predicted molar refractivity (Wildman–Crippen MR) is 105 cm³/mol. The summed E-state index contributed by atoms with van der Waals surface area (Å²) in [6.07, 6.45) is 2.70. The van der Waals surface area contributed by atoms with Crippen LogP contribution in [0.15, 0.2) is 45.8 Å². The predicted octanol–water partition coefficient (Wildman–Crippen LogP) is 2.52. The fourth-order valence-corrected chi connectivity index (χ4v) is 4.35. The third kappa shape index (κ3) is 3.24. The molecular weight excluding hydrogens is 380 g/mol. The van der Waals surface area contributed by atoms with Gasteiger partial charge in [0.15, 0.2) is 0 Å². The van der Waals surface area contributed by atoms with E-state index in [0.717, 1.165) is 37.5 Å². The Bertz CT molecular complexity index is 1050. The zero-order valence-corrected chi connectivity index (χ0v) is 15.8. The van der Waals surface area contributed by atoms with E-state index in [4.69, 9.17) is 16.0 Å². The van der Waals surface area contributed by atoms with Crippen LogP contribution >= 0.6 is 11.6 Å². The highest BCUT2D eigenvalue weighted by Crippen LogP contribution is 2.36. The molecule has 2 bridgehead atoms. The third-order valence-corrected chi connectivity index (χ3v) is 5.53. The molecule has 1 fully saturated rings. The van der Waals surface area contributed by atoms with Gasteiger partial charge >= 0.3 is 0 Å². The average Bonchev–Trinajstić information content (AvgIpc) is 3.20. The number of anilines is 2. The van der Waals surface area contributed by atoms with Crippen molar-refractivity contribution in [3.8, 4) is 0 Å². The molecule has 5 rings (SSSR count). The maximum atomic E-state index is 12.2. The van der Waals surface area contributed by atoms with Crippen LogP contribution in [-0.2, 0) is 13.1 Å². The van der Waals surface area contributed by atoms with Crippen molar-refractivity contribution in [3.05, 3.63) is 63.7 Å². The lowest BCUT2D eigenvalue weighted by atomic mass is 9.83. The summed E-state index contributed by atoms with van der Waals surface area (Å²) in [6, 6.07) is 9.22. The fourth-order valence-electron chi connectivity index (χ4n) is 4.20. The Kier molecular flexibility index (Phi) is 4.27. The van der Waals surface area contributed by atoms with Crippen LogP contribution in [0.1, 0.15) is 23.8 Å². The molecule has 0 saturated carbocycles. The summed E-state index contributed by atoms with van der Waals surface area (Å²) in [5, 5.41) is 3.28. The second-order valence-corrected chi connectivity index (χ2v) is 7.60. The molecule has 0 spiro atoms. The van der Waals surface area contributed by atoms with Crippen molar-refractivity contribution >= 4 is 23.5 Å². The highest BCUT2D eigenvalue weighted by molar-refractivity contribution is 6.28. The quantitative estimate of drug-likeness (QED) is 0.722. The Labute approximate surface area is 166 Å². The van der Waals surface area contributed by atoms with E-state index in [9.17, 15) is 4.79 Å². The minimum Gasteiger partial charge on any atom is -0.467 e. The molecule has 3 aromatic heterocycles. The summed E-state index contributed by atoms with van der Waals surface area (Å²) in [6.45, 7) is 2.73. The van der Waals surface area contributed by atoms with Crippen LogP contribution in [0, 0.1) is 5.92 Å². The van der Waals surface area contributed by atoms with Gasteiger partial charge in [-0.2, -0.15) is 15.0 Å². The van der Waals surface area contributed by atoms with Crippen LogP contribution in [0.4, 0.5) is 11.9 Å². The summed E-state index contributed by atoms with van der Waals surface area (Å²) in [4.78, 5) is 27.4. The van der Waals surface area contributed by atoms with E-state index in [1.165, 1.54) is 0 Å². The van der Waals surface area contributed by atoms with Crippen LogP contribution < -0.4 is 15.8 Å². The van der Waals surface area contributed by atoms with E-state index in [-0.39, 0.29) is 16.8 Å². The minimum atomic E-state index is 0.0771. The van der Waals surface area contributed by atoms with E-state index >= 15 is 0 Å². The second kappa shape index (κ2) is 6.94. The van der Waals surface area contributed by atoms with Crippen LogP contribution in [0.5, 0.6) is 0 Å². The summed E-state index contributed by atoms with van der Waals surface area (Å²) in [7, 11) is 0. The lowest BCUT2D eigenvalue weighted by Gasteiger charge is -2.42. The normalized spacial score (nSPS) is 20.7. The second-order valence-electron chi connectivity index (χ2n) is 7.26. The van der Waals surface area contributed by atoms with Gasteiger partial charge in [-0.3, -0.25) is 4.79 Å². The molecule has 3 aromatic rings. The fraction of sp³-hybridized carbons (Fsp3) is 0.368. The van der Waals surface area contributed by atoms with E-state index in [0.29, 0.717) is 24.4 Å². The van der Waals surface area contributed by atoms with E-state index in [2.05, 4.69) is 25.2 Å². The van der Waals surface area contributed by atoms with Crippen molar-refractivity contribution in [2.45, 2.75) is 25.4 Å². The Balaban J connectivity index is 1.39. The zero-order chi connectivity index (χ0) is 19.1. The topological polar surface area (TPSA) is 89.1 Å². The van der Waals surface area contributed by atoms with E-state index in [1.807, 2.05) is 28.8 Å². The number of nitrogens with zero attached hydrogens (tertiary/aromatic N) is 5. The first kappa shape index (κ1) is 17.2. The highest BCUT2D eigenvalue weighted by atomic mass is 35.5. The van der Waals surface area contributed by atoms with Crippen molar-refractivity contribution in [2.24, 2.45) is 5.92 Å². The number of hydrogen-bond donors (Lipinski definition) is 1. The van der Waals surface area contributed by atoms with Gasteiger partial charge in [-0.05, 0) is 42.1 Å². The Morgan fingerprint density at radius 2 is 2.07 bits per heavy atom. The molecule has 1 saturated heterocycles. The molecule has 0 amide bonds. The molecule has 28 heavy (non-hydrogen) atoms. The first-order valence-electron chi connectivity index (χ1n) is 9.28. The van der Waals surface area contributed by atoms with Crippen LogP contribution in [0.2, 0.25) is 5.28 Å². The van der Waals surface area contributed by atoms with E-state index < -0.39 is 0 Å². The van der Waals surface area contributed by atoms with Crippen LogP contribution in [0.25, 0.3) is 0 Å². The lowest BCUT2D eigenvalue weighted by molar-refractivity contribution is 0.279. The van der Waals surface area contributed by atoms with Gasteiger partial charge in [-0.25, -0.2) is 0 Å². The number of halogens is 1. The molecular formula is C19H19ClN6O2. The monoisotopic (exact) mass is 398 g/mol. The van der Waals surface area contributed by atoms with Crippen LogP contribution in [-0.4, -0.2) is 32.6 Å². The number of aromatic nitrogens is 4. The molecule has 0 aliphatic carbocycles. The summed E-state index contributed by atoms with van der Waals surface area (Å²) in [5.41, 5.74) is 1.16. The average molecular weight is 399 g/mol. The largest absolute Gasteiger partial charge is 0.467 e. The van der Waals surface area contributed by atoms with Gasteiger partial charge in [0.25, 0.3) is 5.56 Å². The van der Waals surface area contributed by atoms with Crippen molar-refractivity contribution in [1.82, 2.24) is 19.5 Å². The van der Waals surface area contributed by atoms with Crippen LogP contribution in [0.3, 0.4) is 0 Å². The lowest BCUT2D eigenvalue weighted by Crippen LogP contribution is -2.47. The van der Waals surface area contributed by atoms with Crippen molar-refractivity contribution in [1.29, 1.82) is 0 Å². The van der Waals surface area contributed by atoms with Crippen molar-refractivity contribution < 1.29 is 4.42 Å². The van der Waals surface area contributed by atoms with Gasteiger partial charge in [0.2, 0.25) is 17.2 Å². The molecule has 0 unspecified atom stereocenters. The standard InChI is InChI=1S/C19H19ClN6O2/c20-17-22-18(21-8-14-3-2-6-28-14)24-19(23-17)25-9-12-7-13(11-25)15-4-1-5-16(27)26(15)10-12/h1-6,12-13H,7-11H2,(H,21,22,23,24)/t12-,13+/m1/s1. The minimum absolute atomic E-state index is 0.0771. The van der Waals surface area contributed by atoms with Crippen molar-refractivity contribution in [2.75, 3.05) is 23.3 Å². The Morgan fingerprint density at radius 3 is 2.93 bits per heavy atom. The summed E-state index contributed by atoms with van der Waals surface area (Å²) in [5.74, 6) is 2.41. The number of hydrogen-bond acceptors (Lipinski definition) is 7. The van der Waals surface area contributed by atoms with Gasteiger partial charge in [-0.15, -0.1) is 0 Å². The molecule has 1 N–H and O–H groups in total. The van der Waals surface area contributed by atoms with Gasteiger partial charge in [0.1, 0.15) is 5.76 Å². The van der Waals surface area contributed by atoms with E-state index in [1.54, 1.807) is 12.3 Å². The molecule has 9 heteroatoms. The number of furan rings is 1. The Hall–Kier alpha value is -2.87. The summed E-state index contributed by atoms with van der Waals surface area (Å²) >= 11 is 6.15. The number of piperidine rings is 1. The number of fused-ring (bicyclic) bond motifs is 4. The SMILES string of the molecule is O=c1cccc2n1C[C@@H]1C[C@H]2CN(c2nc(Cl)nc(NCc3ccco3)n2)C1. The van der Waals surface area contributed by atoms with Crippen molar-refractivity contribution in [3.63, 3.8) is 0 Å². The van der Waals surface area contributed by atoms with Gasteiger partial charge < -0.3 is 19.2 Å². The molecule has 144 valence electrons. The molecule has 0 radical (unpaired) electrons. The molecule has 8 nitrogen and oxygen atoms in total. The molecule has 0 aromatic carbocycles. The maximum Gasteiger partial charge on any atom is 0.250 e. The molecule has 2 aliphatic rings. The highest BCUT2D eigenvalue weighted by Gasteiger charge is 2.35. The van der Waals surface area contributed by atoms with Gasteiger partial charge in [-0.1, -0.05) is 6.07 Å². The zero-order valence-electron chi connectivity index (χ0n) is 15.1.